The molecule has 0 saturated heterocycles. The van der Waals surface area contributed by atoms with Crippen LogP contribution in [0.2, 0.25) is 0 Å². The molecule has 0 aliphatic rings. The van der Waals surface area contributed by atoms with Gasteiger partial charge >= 0.3 is 0 Å². The largest absolute Gasteiger partial charge is 0.235 e. The minimum absolute atomic E-state index is 0.000839. The summed E-state index contributed by atoms with van der Waals surface area (Å²) >= 11 is 17.7. The zero-order valence-electron chi connectivity index (χ0n) is 10.2. The standard InChI is InChI=1S/C12H9Cl3N4/c1-7-4-3-5-10(8(7)2)19-11(12(13,14)15)9(6-16)17-18-19/h3-5H,1-2H3. The van der Waals surface area contributed by atoms with Crippen molar-refractivity contribution in [3.05, 3.63) is 40.7 Å². The van der Waals surface area contributed by atoms with Crippen molar-refractivity contribution < 1.29 is 0 Å². The lowest BCUT2D eigenvalue weighted by atomic mass is 10.1. The molecule has 7 heteroatoms. The number of aromatic nitrogens is 3. The van der Waals surface area contributed by atoms with Crippen LogP contribution in [0.1, 0.15) is 22.5 Å². The summed E-state index contributed by atoms with van der Waals surface area (Å²) in [5.41, 5.74) is 2.93. The number of aryl methyl sites for hydroxylation is 1. The van der Waals surface area contributed by atoms with Crippen LogP contribution in [0, 0.1) is 25.2 Å². The van der Waals surface area contributed by atoms with Crippen molar-refractivity contribution in [2.45, 2.75) is 17.6 Å². The number of halogens is 3. The fourth-order valence-electron chi connectivity index (χ4n) is 1.75. The highest BCUT2D eigenvalue weighted by atomic mass is 35.6. The zero-order valence-corrected chi connectivity index (χ0v) is 12.4. The molecule has 1 aromatic heterocycles. The summed E-state index contributed by atoms with van der Waals surface area (Å²) in [5, 5.41) is 16.7. The van der Waals surface area contributed by atoms with Crippen LogP contribution >= 0.6 is 34.8 Å². The lowest BCUT2D eigenvalue weighted by molar-refractivity contribution is 0.765. The Bertz CT molecular complexity index is 665. The third-order valence-electron chi connectivity index (χ3n) is 2.85. The van der Waals surface area contributed by atoms with Gasteiger partial charge in [0, 0.05) is 0 Å². The van der Waals surface area contributed by atoms with E-state index in [4.69, 9.17) is 40.1 Å². The van der Waals surface area contributed by atoms with E-state index in [9.17, 15) is 0 Å². The second-order valence-corrected chi connectivity index (χ2v) is 6.31. The van der Waals surface area contributed by atoms with Crippen LogP contribution in [0.5, 0.6) is 0 Å². The summed E-state index contributed by atoms with van der Waals surface area (Å²) < 4.78 is -0.376. The van der Waals surface area contributed by atoms with Crippen LogP contribution in [0.25, 0.3) is 5.69 Å². The van der Waals surface area contributed by atoms with E-state index in [0.29, 0.717) is 0 Å². The molecule has 0 N–H and O–H groups in total. The molecular formula is C12H9Cl3N4. The molecule has 4 nitrogen and oxygen atoms in total. The molecule has 2 aromatic rings. The van der Waals surface area contributed by atoms with Crippen LogP contribution in [0.3, 0.4) is 0 Å². The molecule has 0 radical (unpaired) electrons. The first-order chi connectivity index (χ1) is 8.86. The molecule has 2 rings (SSSR count). The van der Waals surface area contributed by atoms with Crippen molar-refractivity contribution in [1.29, 1.82) is 5.26 Å². The van der Waals surface area contributed by atoms with E-state index in [0.717, 1.165) is 16.8 Å². The summed E-state index contributed by atoms with van der Waals surface area (Å²) in [4.78, 5) is 0. The van der Waals surface area contributed by atoms with E-state index in [1.165, 1.54) is 4.68 Å². The Labute approximate surface area is 125 Å². The van der Waals surface area contributed by atoms with Gasteiger partial charge in [0.1, 0.15) is 11.8 Å². The van der Waals surface area contributed by atoms with Gasteiger partial charge in [-0.25, -0.2) is 4.68 Å². The maximum atomic E-state index is 9.02. The third-order valence-corrected chi connectivity index (χ3v) is 3.39. The van der Waals surface area contributed by atoms with Gasteiger partial charge < -0.3 is 0 Å². The second kappa shape index (κ2) is 5.01. The van der Waals surface area contributed by atoms with Crippen LogP contribution < -0.4 is 0 Å². The van der Waals surface area contributed by atoms with E-state index in [1.807, 2.05) is 38.1 Å². The summed E-state index contributed by atoms with van der Waals surface area (Å²) in [5.74, 6) is 0. The van der Waals surface area contributed by atoms with Crippen LogP contribution in [-0.4, -0.2) is 15.0 Å². The highest BCUT2D eigenvalue weighted by Crippen LogP contribution is 2.40. The number of benzene rings is 1. The molecule has 0 atom stereocenters. The highest BCUT2D eigenvalue weighted by molar-refractivity contribution is 6.66. The maximum absolute atomic E-state index is 9.02. The average molecular weight is 316 g/mol. The lowest BCUT2D eigenvalue weighted by Gasteiger charge is -2.15. The van der Waals surface area contributed by atoms with E-state index in [2.05, 4.69) is 10.3 Å². The van der Waals surface area contributed by atoms with Crippen molar-refractivity contribution in [2.75, 3.05) is 0 Å². The number of alkyl halides is 3. The Morgan fingerprint density at radius 3 is 2.53 bits per heavy atom. The summed E-state index contributed by atoms with van der Waals surface area (Å²) in [7, 11) is 0. The van der Waals surface area contributed by atoms with Crippen LogP contribution in [0.4, 0.5) is 0 Å². The molecule has 0 saturated carbocycles. The van der Waals surface area contributed by atoms with Crippen molar-refractivity contribution in [3.63, 3.8) is 0 Å². The fraction of sp³-hybridized carbons (Fsp3) is 0.250. The molecular weight excluding hydrogens is 307 g/mol. The molecule has 0 amide bonds. The number of hydrogen-bond acceptors (Lipinski definition) is 3. The second-order valence-electron chi connectivity index (χ2n) is 4.03. The Hall–Kier alpha value is -1.28. The van der Waals surface area contributed by atoms with Gasteiger partial charge in [-0.2, -0.15) is 5.26 Å². The fourth-order valence-corrected chi connectivity index (χ4v) is 2.25. The van der Waals surface area contributed by atoms with Gasteiger partial charge in [-0.1, -0.05) is 52.1 Å². The summed E-state index contributed by atoms with van der Waals surface area (Å²) in [6.07, 6.45) is 0. The predicted octanol–water partition coefficient (Wildman–Crippen LogP) is 3.58. The Balaban J connectivity index is 2.75. The van der Waals surface area contributed by atoms with Gasteiger partial charge in [-0.15, -0.1) is 5.10 Å². The SMILES string of the molecule is Cc1cccc(-n2nnc(C#N)c2C(Cl)(Cl)Cl)c1C. The number of nitriles is 1. The molecule has 0 bridgehead atoms. The third kappa shape index (κ3) is 2.55. The molecule has 1 aromatic carbocycles. The summed E-state index contributed by atoms with van der Waals surface area (Å²) in [6, 6.07) is 7.55. The summed E-state index contributed by atoms with van der Waals surface area (Å²) in [6.45, 7) is 3.90. The molecule has 0 fully saturated rings. The van der Waals surface area contributed by atoms with Crippen LogP contribution in [0.15, 0.2) is 18.2 Å². The first-order valence-electron chi connectivity index (χ1n) is 5.36. The molecule has 0 spiro atoms. The van der Waals surface area contributed by atoms with Crippen molar-refractivity contribution >= 4 is 34.8 Å². The molecule has 1 heterocycles. The topological polar surface area (TPSA) is 54.5 Å². The molecule has 19 heavy (non-hydrogen) atoms. The van der Waals surface area contributed by atoms with E-state index in [-0.39, 0.29) is 11.4 Å². The number of hydrogen-bond donors (Lipinski definition) is 0. The van der Waals surface area contributed by atoms with Crippen molar-refractivity contribution in [2.24, 2.45) is 0 Å². The average Bonchev–Trinajstić information content (AvgIpc) is 2.76. The van der Waals surface area contributed by atoms with Gasteiger partial charge in [0.05, 0.1) is 5.69 Å². The van der Waals surface area contributed by atoms with E-state index < -0.39 is 3.79 Å². The van der Waals surface area contributed by atoms with Gasteiger partial charge in [-0.3, -0.25) is 0 Å². The predicted molar refractivity (Wildman–Crippen MR) is 74.8 cm³/mol. The zero-order chi connectivity index (χ0) is 14.2. The quantitative estimate of drug-likeness (QED) is 0.756. The molecule has 98 valence electrons. The lowest BCUT2D eigenvalue weighted by Crippen LogP contribution is -2.13. The molecule has 0 aliphatic carbocycles. The normalized spacial score (nSPS) is 11.4. The van der Waals surface area contributed by atoms with Crippen LogP contribution in [-0.2, 0) is 3.79 Å². The maximum Gasteiger partial charge on any atom is 0.235 e. The Kier molecular flexibility index (Phi) is 3.73. The van der Waals surface area contributed by atoms with Crippen molar-refractivity contribution in [3.8, 4) is 11.8 Å². The first kappa shape index (κ1) is 14.1. The number of rotatable bonds is 1. The van der Waals surface area contributed by atoms with E-state index >= 15 is 0 Å². The first-order valence-corrected chi connectivity index (χ1v) is 6.49. The van der Waals surface area contributed by atoms with E-state index in [1.54, 1.807) is 0 Å². The Morgan fingerprint density at radius 1 is 1.26 bits per heavy atom. The van der Waals surface area contributed by atoms with Gasteiger partial charge in [0.15, 0.2) is 5.69 Å². The molecule has 0 aliphatic heterocycles. The smallest absolute Gasteiger partial charge is 0.211 e. The van der Waals surface area contributed by atoms with Gasteiger partial charge in [0.25, 0.3) is 0 Å². The van der Waals surface area contributed by atoms with Gasteiger partial charge in [0.2, 0.25) is 3.79 Å². The Morgan fingerprint density at radius 2 is 1.95 bits per heavy atom. The highest BCUT2D eigenvalue weighted by Gasteiger charge is 2.33. The monoisotopic (exact) mass is 314 g/mol. The minimum Gasteiger partial charge on any atom is -0.211 e. The minimum atomic E-state index is -1.77. The number of nitrogens with zero attached hydrogens (tertiary/aromatic N) is 4. The van der Waals surface area contributed by atoms with Gasteiger partial charge in [-0.05, 0) is 31.0 Å². The van der Waals surface area contributed by atoms with Crippen molar-refractivity contribution in [1.82, 2.24) is 15.0 Å². The molecule has 0 unspecified atom stereocenters.